The first-order chi connectivity index (χ1) is 14.5. The number of hydrogen-bond donors (Lipinski definition) is 4. The molecule has 1 aromatic rings. The van der Waals surface area contributed by atoms with Gasteiger partial charge in [0.15, 0.2) is 5.41 Å². The van der Waals surface area contributed by atoms with Crippen LogP contribution in [0.4, 0.5) is 26.3 Å². The van der Waals surface area contributed by atoms with Crippen LogP contribution in [0.2, 0.25) is 0 Å². The first kappa shape index (κ1) is 24.4. The van der Waals surface area contributed by atoms with Crippen molar-refractivity contribution >= 4 is 29.5 Å². The van der Waals surface area contributed by atoms with Gasteiger partial charge in [0.1, 0.15) is 0 Å². The number of hydrogen-bond acceptors (Lipinski definition) is 4. The summed E-state index contributed by atoms with van der Waals surface area (Å²) in [4.78, 5) is 45.1. The van der Waals surface area contributed by atoms with E-state index in [1.165, 1.54) is 0 Å². The van der Waals surface area contributed by atoms with Crippen LogP contribution in [0.5, 0.6) is 0 Å². The molecule has 0 unspecified atom stereocenters. The first-order valence-corrected chi connectivity index (χ1v) is 8.12. The molecule has 4 N–H and O–H groups in total. The van der Waals surface area contributed by atoms with Crippen molar-refractivity contribution in [2.45, 2.75) is 18.8 Å². The highest BCUT2D eigenvalue weighted by molar-refractivity contribution is 6.06. The van der Waals surface area contributed by atoms with Crippen molar-refractivity contribution in [3.05, 3.63) is 52.1 Å². The highest BCUT2D eigenvalue weighted by Gasteiger charge is 2.73. The first-order valence-electron chi connectivity index (χ1n) is 8.12. The Bertz CT molecular complexity index is 1080. The van der Waals surface area contributed by atoms with E-state index in [9.17, 15) is 45.5 Å². The fourth-order valence-electron chi connectivity index (χ4n) is 3.26. The molecule has 2 rings (SSSR count). The van der Waals surface area contributed by atoms with Crippen LogP contribution in [-0.4, -0.2) is 56.7 Å². The lowest BCUT2D eigenvalue weighted by Gasteiger charge is -2.41. The quantitative estimate of drug-likeness (QED) is 0.480. The minimum atomic E-state index is -6.21. The van der Waals surface area contributed by atoms with Crippen LogP contribution in [0.25, 0.3) is 5.57 Å². The molecule has 0 aromatic heterocycles. The molecule has 8 nitrogen and oxygen atoms in total. The van der Waals surface area contributed by atoms with E-state index in [4.69, 9.17) is 20.4 Å². The van der Waals surface area contributed by atoms with Crippen molar-refractivity contribution in [2.75, 3.05) is 0 Å². The van der Waals surface area contributed by atoms with Crippen LogP contribution in [0, 0.1) is 5.41 Å². The number of alkyl halides is 6. The summed E-state index contributed by atoms with van der Waals surface area (Å²) < 4.78 is 83.6. The van der Waals surface area contributed by atoms with E-state index in [0.29, 0.717) is 12.1 Å². The molecule has 0 fully saturated rings. The molecule has 1 aromatic carbocycles. The SMILES string of the molecule is O=C(O)C1=C(C(=O)O)CC(C(F)(F)F)(C(F)(F)F)C(c2ccc(C(=O)O)c(C(=O)O)c2)=C1. The van der Waals surface area contributed by atoms with Gasteiger partial charge in [-0.2, -0.15) is 26.3 Å². The molecule has 0 atom stereocenters. The predicted molar refractivity (Wildman–Crippen MR) is 89.8 cm³/mol. The van der Waals surface area contributed by atoms with E-state index in [0.717, 1.165) is 0 Å². The number of allylic oxidation sites excluding steroid dienone is 1. The van der Waals surface area contributed by atoms with Gasteiger partial charge in [-0.3, -0.25) is 0 Å². The normalized spacial score (nSPS) is 16.4. The molecular formula is C18H10F6O8. The Hall–Kier alpha value is -3.84. The number of halogens is 6. The Kier molecular flexibility index (Phi) is 5.87. The molecule has 32 heavy (non-hydrogen) atoms. The van der Waals surface area contributed by atoms with Crippen LogP contribution in [0.3, 0.4) is 0 Å². The molecule has 0 saturated heterocycles. The van der Waals surface area contributed by atoms with Crippen molar-refractivity contribution in [1.29, 1.82) is 0 Å². The average molecular weight is 468 g/mol. The smallest absolute Gasteiger partial charge is 0.407 e. The van der Waals surface area contributed by atoms with Gasteiger partial charge in [-0.15, -0.1) is 0 Å². The number of benzene rings is 1. The average Bonchev–Trinajstić information content (AvgIpc) is 2.64. The molecule has 1 aliphatic carbocycles. The summed E-state index contributed by atoms with van der Waals surface area (Å²) in [7, 11) is 0. The Morgan fingerprint density at radius 2 is 1.25 bits per heavy atom. The third-order valence-corrected chi connectivity index (χ3v) is 4.76. The Labute approximate surface area is 172 Å². The summed E-state index contributed by atoms with van der Waals surface area (Å²) >= 11 is 0. The standard InChI is InChI=1S/C18H10F6O8/c19-17(20,21)16(18(22,23)24)5-10(15(31)32)9(14(29)30)4-11(16)6-1-2-7(12(25)26)8(3-6)13(27)28/h1-4H,5H2,(H,25,26)(H,27,28)(H,29,30)(H,31,32). The maximum atomic E-state index is 13.9. The van der Waals surface area contributed by atoms with E-state index in [1.807, 2.05) is 0 Å². The zero-order chi connectivity index (χ0) is 24.8. The van der Waals surface area contributed by atoms with E-state index in [1.54, 1.807) is 0 Å². The highest BCUT2D eigenvalue weighted by atomic mass is 19.4. The summed E-state index contributed by atoms with van der Waals surface area (Å²) in [6.07, 6.45) is -14.9. The molecule has 0 bridgehead atoms. The van der Waals surface area contributed by atoms with E-state index < -0.39 is 81.5 Å². The zero-order valence-electron chi connectivity index (χ0n) is 15.2. The maximum Gasteiger partial charge on any atom is 0.407 e. The van der Waals surface area contributed by atoms with Crippen molar-refractivity contribution < 1.29 is 65.9 Å². The van der Waals surface area contributed by atoms with Gasteiger partial charge >= 0.3 is 36.2 Å². The third-order valence-electron chi connectivity index (χ3n) is 4.76. The molecule has 0 radical (unpaired) electrons. The second-order valence-corrected chi connectivity index (χ2v) is 6.51. The molecule has 172 valence electrons. The number of aromatic carboxylic acids is 2. The fourth-order valence-corrected chi connectivity index (χ4v) is 3.26. The summed E-state index contributed by atoms with van der Waals surface area (Å²) in [6.45, 7) is 0. The summed E-state index contributed by atoms with van der Waals surface area (Å²) in [5, 5.41) is 36.4. The topological polar surface area (TPSA) is 149 Å². The van der Waals surface area contributed by atoms with E-state index in [2.05, 4.69) is 0 Å². The van der Waals surface area contributed by atoms with Crippen LogP contribution < -0.4 is 0 Å². The van der Waals surface area contributed by atoms with Crippen molar-refractivity contribution in [1.82, 2.24) is 0 Å². The van der Waals surface area contributed by atoms with Gasteiger partial charge in [-0.25, -0.2) is 19.2 Å². The number of rotatable bonds is 5. The fraction of sp³-hybridized carbons (Fsp3) is 0.222. The molecule has 0 amide bonds. The number of carboxylic acids is 4. The van der Waals surface area contributed by atoms with Crippen molar-refractivity contribution in [3.8, 4) is 0 Å². The molecule has 1 aliphatic rings. The molecule has 0 heterocycles. The maximum absolute atomic E-state index is 13.9. The second-order valence-electron chi connectivity index (χ2n) is 6.51. The lowest BCUT2D eigenvalue weighted by Crippen LogP contribution is -2.52. The Morgan fingerprint density at radius 1 is 0.750 bits per heavy atom. The minimum Gasteiger partial charge on any atom is -0.478 e. The Morgan fingerprint density at radius 3 is 1.62 bits per heavy atom. The van der Waals surface area contributed by atoms with Crippen LogP contribution in [-0.2, 0) is 9.59 Å². The summed E-state index contributed by atoms with van der Waals surface area (Å²) in [5.74, 6) is -8.31. The second kappa shape index (κ2) is 7.69. The predicted octanol–water partition coefficient (Wildman–Crippen LogP) is 3.45. The number of carbonyl (C=O) groups is 4. The monoisotopic (exact) mass is 468 g/mol. The lowest BCUT2D eigenvalue weighted by atomic mass is 9.66. The van der Waals surface area contributed by atoms with Crippen LogP contribution in [0.15, 0.2) is 35.4 Å². The van der Waals surface area contributed by atoms with Crippen LogP contribution >= 0.6 is 0 Å². The van der Waals surface area contributed by atoms with E-state index in [-0.39, 0.29) is 12.1 Å². The van der Waals surface area contributed by atoms with Gasteiger partial charge in [-0.1, -0.05) is 6.07 Å². The van der Waals surface area contributed by atoms with Crippen LogP contribution in [0.1, 0.15) is 32.7 Å². The minimum absolute atomic E-state index is 0.141. The number of carboxylic acid groups (broad SMARTS) is 4. The van der Waals surface area contributed by atoms with Crippen molar-refractivity contribution in [2.24, 2.45) is 5.41 Å². The van der Waals surface area contributed by atoms with Gasteiger partial charge in [0.2, 0.25) is 0 Å². The van der Waals surface area contributed by atoms with E-state index >= 15 is 0 Å². The molecular weight excluding hydrogens is 458 g/mol. The molecule has 14 heteroatoms. The van der Waals surface area contributed by atoms with Gasteiger partial charge in [0.05, 0.1) is 22.3 Å². The Balaban J connectivity index is 3.05. The largest absolute Gasteiger partial charge is 0.478 e. The highest BCUT2D eigenvalue weighted by Crippen LogP contribution is 2.63. The summed E-state index contributed by atoms with van der Waals surface area (Å²) in [5.41, 5.74) is -13.0. The number of aliphatic carboxylic acids is 2. The third kappa shape index (κ3) is 3.78. The molecule has 0 saturated carbocycles. The van der Waals surface area contributed by atoms with Crippen molar-refractivity contribution in [3.63, 3.8) is 0 Å². The van der Waals surface area contributed by atoms with Gasteiger partial charge in [0.25, 0.3) is 0 Å². The lowest BCUT2D eigenvalue weighted by molar-refractivity contribution is -0.316. The van der Waals surface area contributed by atoms with Gasteiger partial charge < -0.3 is 20.4 Å². The summed E-state index contributed by atoms with van der Waals surface area (Å²) in [6, 6.07) is 1.10. The molecule has 0 spiro atoms. The zero-order valence-corrected chi connectivity index (χ0v) is 15.2. The van der Waals surface area contributed by atoms with Gasteiger partial charge in [-0.05, 0) is 29.3 Å². The molecule has 0 aliphatic heterocycles. The van der Waals surface area contributed by atoms with Gasteiger partial charge in [0, 0.05) is 6.42 Å².